The Kier molecular flexibility index (Phi) is 8.47. The average molecular weight is 260 g/mol. The van der Waals surface area contributed by atoms with Gasteiger partial charge in [0, 0.05) is 0 Å². The molecule has 2 unspecified atom stereocenters. The van der Waals surface area contributed by atoms with E-state index in [1.807, 2.05) is 20.8 Å². The van der Waals surface area contributed by atoms with E-state index in [0.29, 0.717) is 5.41 Å². The van der Waals surface area contributed by atoms with E-state index in [-0.39, 0.29) is 0 Å². The van der Waals surface area contributed by atoms with E-state index in [2.05, 4.69) is 51.6 Å². The van der Waals surface area contributed by atoms with Crippen LogP contribution < -0.4 is 0 Å². The fourth-order valence-corrected chi connectivity index (χ4v) is 2.31. The molecule has 0 aromatic heterocycles. The van der Waals surface area contributed by atoms with Gasteiger partial charge in [0.25, 0.3) is 0 Å². The van der Waals surface area contributed by atoms with Crippen LogP contribution in [0.2, 0.25) is 0 Å². The lowest BCUT2D eigenvalue weighted by atomic mass is 9.95. The molecule has 0 amide bonds. The standard InChI is InChI=1S/C14H20.C3H6.C2H6/c1-4-12-6-5-7-13(8-12)10-14(3)9-11(14)2;1-3-2;1-2/h5-8,11H,4,9-10H2,1-3H3;3H,1H2,2H3;1-2H3. The lowest BCUT2D eigenvalue weighted by molar-refractivity contribution is 0.517. The first-order chi connectivity index (χ1) is 9.05. The van der Waals surface area contributed by atoms with E-state index in [1.54, 1.807) is 6.08 Å². The van der Waals surface area contributed by atoms with Gasteiger partial charge in [-0.15, -0.1) is 6.58 Å². The summed E-state index contributed by atoms with van der Waals surface area (Å²) in [6, 6.07) is 9.07. The summed E-state index contributed by atoms with van der Waals surface area (Å²) in [7, 11) is 0. The molecule has 1 aliphatic rings. The normalized spacial score (nSPS) is 23.4. The summed E-state index contributed by atoms with van der Waals surface area (Å²) < 4.78 is 0. The second-order valence-corrected chi connectivity index (χ2v) is 5.52. The zero-order valence-corrected chi connectivity index (χ0v) is 13.8. The molecule has 0 nitrogen and oxygen atoms in total. The predicted molar refractivity (Wildman–Crippen MR) is 88.6 cm³/mol. The van der Waals surface area contributed by atoms with Crippen LogP contribution in [-0.4, -0.2) is 0 Å². The number of hydrogen-bond donors (Lipinski definition) is 0. The monoisotopic (exact) mass is 260 g/mol. The zero-order chi connectivity index (χ0) is 14.9. The smallest absolute Gasteiger partial charge is 0.0222 e. The maximum atomic E-state index is 3.36. The molecule has 0 aliphatic heterocycles. The van der Waals surface area contributed by atoms with Crippen LogP contribution in [0.4, 0.5) is 0 Å². The van der Waals surface area contributed by atoms with Gasteiger partial charge in [0.05, 0.1) is 0 Å². The number of allylic oxidation sites excluding steroid dienone is 1. The second-order valence-electron chi connectivity index (χ2n) is 5.52. The molecular formula is C19H32. The van der Waals surface area contributed by atoms with Crippen molar-refractivity contribution in [3.05, 3.63) is 48.0 Å². The number of benzene rings is 1. The van der Waals surface area contributed by atoms with E-state index < -0.39 is 0 Å². The fourth-order valence-electron chi connectivity index (χ4n) is 2.31. The van der Waals surface area contributed by atoms with Gasteiger partial charge >= 0.3 is 0 Å². The van der Waals surface area contributed by atoms with Crippen molar-refractivity contribution in [2.24, 2.45) is 11.3 Å². The fraction of sp³-hybridized carbons (Fsp3) is 0.579. The van der Waals surface area contributed by atoms with Crippen molar-refractivity contribution in [2.45, 2.75) is 60.8 Å². The predicted octanol–water partition coefficient (Wildman–Crippen LogP) is 6.06. The Bertz CT molecular complexity index is 364. The molecule has 2 rings (SSSR count). The molecular weight excluding hydrogens is 228 g/mol. The molecule has 0 bridgehead atoms. The van der Waals surface area contributed by atoms with Gasteiger partial charge < -0.3 is 0 Å². The van der Waals surface area contributed by atoms with Crippen molar-refractivity contribution in [2.75, 3.05) is 0 Å². The molecule has 1 saturated carbocycles. The Morgan fingerprint density at radius 1 is 1.32 bits per heavy atom. The topological polar surface area (TPSA) is 0 Å². The molecule has 19 heavy (non-hydrogen) atoms. The highest BCUT2D eigenvalue weighted by molar-refractivity contribution is 5.25. The Labute approximate surface area is 120 Å². The summed E-state index contributed by atoms with van der Waals surface area (Å²) in [6.07, 6.45) is 5.57. The summed E-state index contributed by atoms with van der Waals surface area (Å²) >= 11 is 0. The molecule has 2 atom stereocenters. The van der Waals surface area contributed by atoms with Gasteiger partial charge in [-0.3, -0.25) is 0 Å². The van der Waals surface area contributed by atoms with Gasteiger partial charge in [0.1, 0.15) is 0 Å². The lowest BCUT2D eigenvalue weighted by Crippen LogP contribution is -2.02. The maximum absolute atomic E-state index is 3.36. The van der Waals surface area contributed by atoms with Crippen molar-refractivity contribution < 1.29 is 0 Å². The molecule has 1 aromatic rings. The molecule has 0 heteroatoms. The SMILES string of the molecule is C=CC.CC.CCc1cccc(CC2(C)CC2C)c1. The molecule has 0 saturated heterocycles. The van der Waals surface area contributed by atoms with Crippen LogP contribution >= 0.6 is 0 Å². The molecule has 0 spiro atoms. The Hall–Kier alpha value is -1.04. The van der Waals surface area contributed by atoms with E-state index in [0.717, 1.165) is 12.3 Å². The first-order valence-corrected chi connectivity index (χ1v) is 7.70. The van der Waals surface area contributed by atoms with Gasteiger partial charge in [-0.25, -0.2) is 0 Å². The van der Waals surface area contributed by atoms with Crippen molar-refractivity contribution in [3.8, 4) is 0 Å². The van der Waals surface area contributed by atoms with Crippen molar-refractivity contribution in [1.82, 2.24) is 0 Å². The van der Waals surface area contributed by atoms with Crippen LogP contribution in [0.15, 0.2) is 36.9 Å². The Balaban J connectivity index is 0.000000573. The quantitative estimate of drug-likeness (QED) is 0.580. The second kappa shape index (κ2) is 8.96. The third kappa shape index (κ3) is 6.09. The molecule has 108 valence electrons. The summed E-state index contributed by atoms with van der Waals surface area (Å²) in [5.74, 6) is 0.924. The average Bonchev–Trinajstić information content (AvgIpc) is 3.00. The van der Waals surface area contributed by atoms with E-state index in [1.165, 1.54) is 24.0 Å². The van der Waals surface area contributed by atoms with Crippen LogP contribution in [0.25, 0.3) is 0 Å². The summed E-state index contributed by atoms with van der Waals surface area (Å²) in [5.41, 5.74) is 3.60. The molecule has 1 aromatic carbocycles. The number of aryl methyl sites for hydroxylation is 1. The zero-order valence-electron chi connectivity index (χ0n) is 13.8. The van der Waals surface area contributed by atoms with Crippen molar-refractivity contribution in [1.29, 1.82) is 0 Å². The molecule has 1 aliphatic carbocycles. The van der Waals surface area contributed by atoms with Crippen LogP contribution in [0, 0.1) is 11.3 Å². The highest BCUT2D eigenvalue weighted by Gasteiger charge is 2.45. The van der Waals surface area contributed by atoms with E-state index in [4.69, 9.17) is 0 Å². The lowest BCUT2D eigenvalue weighted by Gasteiger charge is -2.10. The summed E-state index contributed by atoms with van der Waals surface area (Å²) in [4.78, 5) is 0. The van der Waals surface area contributed by atoms with Crippen LogP contribution in [-0.2, 0) is 12.8 Å². The van der Waals surface area contributed by atoms with Gasteiger partial charge in [-0.05, 0) is 48.6 Å². The summed E-state index contributed by atoms with van der Waals surface area (Å²) in [6.45, 7) is 16.3. The first-order valence-electron chi connectivity index (χ1n) is 7.70. The highest BCUT2D eigenvalue weighted by atomic mass is 14.5. The molecule has 0 heterocycles. The van der Waals surface area contributed by atoms with E-state index in [9.17, 15) is 0 Å². The first kappa shape index (κ1) is 18.0. The molecule has 0 radical (unpaired) electrons. The van der Waals surface area contributed by atoms with E-state index >= 15 is 0 Å². The highest BCUT2D eigenvalue weighted by Crippen LogP contribution is 2.53. The van der Waals surface area contributed by atoms with Crippen molar-refractivity contribution >= 4 is 0 Å². The third-order valence-electron chi connectivity index (χ3n) is 3.81. The third-order valence-corrected chi connectivity index (χ3v) is 3.81. The summed E-state index contributed by atoms with van der Waals surface area (Å²) in [5, 5.41) is 0. The minimum absolute atomic E-state index is 0.604. The van der Waals surface area contributed by atoms with Gasteiger partial charge in [0.15, 0.2) is 0 Å². The largest absolute Gasteiger partial charge is 0.103 e. The van der Waals surface area contributed by atoms with Gasteiger partial charge in [-0.2, -0.15) is 0 Å². The van der Waals surface area contributed by atoms with Crippen LogP contribution in [0.3, 0.4) is 0 Å². The molecule has 0 N–H and O–H groups in total. The Morgan fingerprint density at radius 2 is 1.79 bits per heavy atom. The van der Waals surface area contributed by atoms with Crippen LogP contribution in [0.1, 0.15) is 59.1 Å². The Morgan fingerprint density at radius 3 is 2.21 bits per heavy atom. The number of hydrogen-bond acceptors (Lipinski definition) is 0. The molecule has 1 fully saturated rings. The van der Waals surface area contributed by atoms with Gasteiger partial charge in [0.2, 0.25) is 0 Å². The van der Waals surface area contributed by atoms with Gasteiger partial charge in [-0.1, -0.05) is 65.0 Å². The number of rotatable bonds is 3. The van der Waals surface area contributed by atoms with Crippen molar-refractivity contribution in [3.63, 3.8) is 0 Å². The maximum Gasteiger partial charge on any atom is -0.0222 e. The van der Waals surface area contributed by atoms with Crippen LogP contribution in [0.5, 0.6) is 0 Å². The minimum atomic E-state index is 0.604. The minimum Gasteiger partial charge on any atom is -0.103 e.